The average Bonchev–Trinajstić information content (AvgIpc) is 3.33. The van der Waals surface area contributed by atoms with Gasteiger partial charge in [0.1, 0.15) is 17.9 Å². The highest BCUT2D eigenvalue weighted by atomic mass is 32.2. The lowest BCUT2D eigenvalue weighted by Gasteiger charge is -2.23. The van der Waals surface area contributed by atoms with Crippen LogP contribution in [0.3, 0.4) is 0 Å². The van der Waals surface area contributed by atoms with Gasteiger partial charge in [0, 0.05) is 19.1 Å². The van der Waals surface area contributed by atoms with Gasteiger partial charge in [0.25, 0.3) is 6.01 Å². The average molecular weight is 401 g/mol. The summed E-state index contributed by atoms with van der Waals surface area (Å²) in [5, 5.41) is 0. The van der Waals surface area contributed by atoms with Crippen LogP contribution >= 0.6 is 0 Å². The predicted molar refractivity (Wildman–Crippen MR) is 108 cm³/mol. The summed E-state index contributed by atoms with van der Waals surface area (Å²) in [6.07, 6.45) is 1.87. The van der Waals surface area contributed by atoms with E-state index in [1.165, 1.54) is 0 Å². The molecule has 1 atom stereocenters. The molecule has 1 saturated heterocycles. The summed E-state index contributed by atoms with van der Waals surface area (Å²) in [5.41, 5.74) is 1.54. The van der Waals surface area contributed by atoms with Crippen molar-refractivity contribution in [2.45, 2.75) is 18.9 Å². The monoisotopic (exact) mass is 401 g/mol. The fourth-order valence-corrected chi connectivity index (χ4v) is 4.26. The van der Waals surface area contributed by atoms with E-state index in [1.54, 1.807) is 12.1 Å². The minimum absolute atomic E-state index is 0.0258. The predicted octanol–water partition coefficient (Wildman–Crippen LogP) is 2.80. The van der Waals surface area contributed by atoms with Gasteiger partial charge in [-0.3, -0.25) is 0 Å². The number of aromatic nitrogens is 1. The molecule has 1 aromatic heterocycles. The van der Waals surface area contributed by atoms with Crippen LogP contribution in [0.15, 0.2) is 59.0 Å². The van der Waals surface area contributed by atoms with Crippen molar-refractivity contribution in [1.82, 2.24) is 9.71 Å². The summed E-state index contributed by atoms with van der Waals surface area (Å²) in [6.45, 7) is 1.24. The van der Waals surface area contributed by atoms with Gasteiger partial charge in [-0.15, -0.1) is 0 Å². The van der Waals surface area contributed by atoms with E-state index in [-0.39, 0.29) is 18.4 Å². The SMILES string of the molecule is O=S(=O)(CCOc1ccccc1)NCC1CCCN1c1nc2ccccc2o1. The summed E-state index contributed by atoms with van der Waals surface area (Å²) in [6, 6.07) is 17.4. The summed E-state index contributed by atoms with van der Waals surface area (Å²) >= 11 is 0. The van der Waals surface area contributed by atoms with Crippen LogP contribution in [0.25, 0.3) is 11.1 Å². The van der Waals surface area contributed by atoms with Gasteiger partial charge >= 0.3 is 0 Å². The highest BCUT2D eigenvalue weighted by Gasteiger charge is 2.29. The lowest BCUT2D eigenvalue weighted by Crippen LogP contribution is -2.41. The Balaban J connectivity index is 1.32. The molecule has 0 spiro atoms. The zero-order valence-corrected chi connectivity index (χ0v) is 16.3. The van der Waals surface area contributed by atoms with E-state index < -0.39 is 10.0 Å². The fourth-order valence-electron chi connectivity index (χ4n) is 3.36. The van der Waals surface area contributed by atoms with Gasteiger partial charge in [-0.2, -0.15) is 4.98 Å². The number of nitrogens with one attached hydrogen (secondary N) is 1. The first-order valence-electron chi connectivity index (χ1n) is 9.38. The third-order valence-electron chi connectivity index (χ3n) is 4.81. The molecule has 2 aromatic carbocycles. The van der Waals surface area contributed by atoms with Crippen molar-refractivity contribution in [2.24, 2.45) is 0 Å². The molecule has 0 saturated carbocycles. The molecule has 8 heteroatoms. The molecule has 1 aliphatic heterocycles. The fraction of sp³-hybridized carbons (Fsp3) is 0.350. The van der Waals surface area contributed by atoms with Crippen LogP contribution in [0, 0.1) is 0 Å². The number of hydrogen-bond donors (Lipinski definition) is 1. The highest BCUT2D eigenvalue weighted by Crippen LogP contribution is 2.28. The third-order valence-corrected chi connectivity index (χ3v) is 6.12. The molecule has 28 heavy (non-hydrogen) atoms. The van der Waals surface area contributed by atoms with Crippen molar-refractivity contribution in [2.75, 3.05) is 30.3 Å². The summed E-state index contributed by atoms with van der Waals surface area (Å²) in [4.78, 5) is 6.58. The smallest absolute Gasteiger partial charge is 0.298 e. The molecule has 1 aliphatic rings. The third kappa shape index (κ3) is 4.45. The van der Waals surface area contributed by atoms with Crippen molar-refractivity contribution in [1.29, 1.82) is 0 Å². The number of benzene rings is 2. The maximum absolute atomic E-state index is 12.3. The van der Waals surface area contributed by atoms with Gasteiger partial charge < -0.3 is 14.1 Å². The minimum Gasteiger partial charge on any atom is -0.492 e. The number of para-hydroxylation sites is 3. The van der Waals surface area contributed by atoms with E-state index in [0.29, 0.717) is 18.3 Å². The van der Waals surface area contributed by atoms with Crippen molar-refractivity contribution in [3.8, 4) is 5.75 Å². The summed E-state index contributed by atoms with van der Waals surface area (Å²) in [5.74, 6) is 0.577. The number of fused-ring (bicyclic) bond motifs is 1. The lowest BCUT2D eigenvalue weighted by atomic mass is 10.2. The number of hydrogen-bond acceptors (Lipinski definition) is 6. The Bertz CT molecular complexity index is 987. The number of ether oxygens (including phenoxy) is 1. The van der Waals surface area contributed by atoms with E-state index in [0.717, 1.165) is 30.5 Å². The molecule has 1 unspecified atom stereocenters. The standard InChI is InChI=1S/C20H23N3O4S/c24-28(25,14-13-26-17-8-2-1-3-9-17)21-15-16-7-6-12-23(16)20-22-18-10-4-5-11-19(18)27-20/h1-5,8-11,16,21H,6-7,12-15H2. The second kappa shape index (κ2) is 8.20. The molecule has 2 heterocycles. The normalized spacial score (nSPS) is 17.3. The molecular formula is C20H23N3O4S. The molecular weight excluding hydrogens is 378 g/mol. The number of rotatable bonds is 8. The largest absolute Gasteiger partial charge is 0.492 e. The van der Waals surface area contributed by atoms with E-state index in [9.17, 15) is 8.42 Å². The van der Waals surface area contributed by atoms with Gasteiger partial charge in [-0.25, -0.2) is 13.1 Å². The van der Waals surface area contributed by atoms with Gasteiger partial charge in [0.2, 0.25) is 10.0 Å². The molecule has 0 bridgehead atoms. The van der Waals surface area contributed by atoms with Crippen molar-refractivity contribution >= 4 is 27.1 Å². The van der Waals surface area contributed by atoms with Crippen LogP contribution in [-0.4, -0.2) is 44.9 Å². The van der Waals surface area contributed by atoms with Crippen LogP contribution in [-0.2, 0) is 10.0 Å². The van der Waals surface area contributed by atoms with Crippen molar-refractivity contribution in [3.63, 3.8) is 0 Å². The first-order valence-corrected chi connectivity index (χ1v) is 11.0. The second-order valence-corrected chi connectivity index (χ2v) is 8.71. The van der Waals surface area contributed by atoms with Crippen LogP contribution in [0.1, 0.15) is 12.8 Å². The van der Waals surface area contributed by atoms with Crippen LogP contribution < -0.4 is 14.4 Å². The molecule has 0 aliphatic carbocycles. The minimum atomic E-state index is -3.42. The van der Waals surface area contributed by atoms with E-state index in [2.05, 4.69) is 9.71 Å². The molecule has 7 nitrogen and oxygen atoms in total. The van der Waals surface area contributed by atoms with E-state index in [1.807, 2.05) is 47.4 Å². The maximum atomic E-state index is 12.3. The van der Waals surface area contributed by atoms with Crippen LogP contribution in [0.5, 0.6) is 5.75 Å². The van der Waals surface area contributed by atoms with Gasteiger partial charge in [-0.05, 0) is 37.1 Å². The van der Waals surface area contributed by atoms with Gasteiger partial charge in [0.05, 0.1) is 5.75 Å². The molecule has 1 N–H and O–H groups in total. The molecule has 3 aromatic rings. The van der Waals surface area contributed by atoms with Crippen molar-refractivity contribution < 1.29 is 17.6 Å². The maximum Gasteiger partial charge on any atom is 0.298 e. The molecule has 4 rings (SSSR count). The zero-order chi connectivity index (χ0) is 19.4. The van der Waals surface area contributed by atoms with Gasteiger partial charge in [0.15, 0.2) is 5.58 Å². The van der Waals surface area contributed by atoms with E-state index in [4.69, 9.17) is 9.15 Å². The number of sulfonamides is 1. The first kappa shape index (κ1) is 18.8. The van der Waals surface area contributed by atoms with Crippen LogP contribution in [0.2, 0.25) is 0 Å². The summed E-state index contributed by atoms with van der Waals surface area (Å²) < 4.78 is 38.7. The van der Waals surface area contributed by atoms with Crippen LogP contribution in [0.4, 0.5) is 6.01 Å². The van der Waals surface area contributed by atoms with E-state index >= 15 is 0 Å². The quantitative estimate of drug-likeness (QED) is 0.625. The number of anilines is 1. The Hall–Kier alpha value is -2.58. The summed E-state index contributed by atoms with van der Waals surface area (Å²) in [7, 11) is -3.42. The number of oxazole rings is 1. The molecule has 1 fully saturated rings. The Morgan fingerprint density at radius 1 is 1.14 bits per heavy atom. The number of nitrogens with zero attached hydrogens (tertiary/aromatic N) is 2. The first-order chi connectivity index (χ1) is 13.6. The molecule has 0 radical (unpaired) electrons. The topological polar surface area (TPSA) is 84.7 Å². The Morgan fingerprint density at radius 3 is 2.75 bits per heavy atom. The van der Waals surface area contributed by atoms with Crippen molar-refractivity contribution in [3.05, 3.63) is 54.6 Å². The highest BCUT2D eigenvalue weighted by molar-refractivity contribution is 7.89. The Kier molecular flexibility index (Phi) is 5.50. The molecule has 148 valence electrons. The van der Waals surface area contributed by atoms with Gasteiger partial charge in [-0.1, -0.05) is 30.3 Å². The Morgan fingerprint density at radius 2 is 1.93 bits per heavy atom. The second-order valence-electron chi connectivity index (χ2n) is 6.78. The molecule has 0 amide bonds. The lowest BCUT2D eigenvalue weighted by molar-refractivity contribution is 0.340. The Labute approximate surface area is 164 Å². The zero-order valence-electron chi connectivity index (χ0n) is 15.5.